The van der Waals surface area contributed by atoms with Crippen molar-refractivity contribution in [1.29, 1.82) is 0 Å². The van der Waals surface area contributed by atoms with E-state index in [2.05, 4.69) is 20.0 Å². The molecule has 2 N–H and O–H groups in total. The van der Waals surface area contributed by atoms with Gasteiger partial charge in [0.25, 0.3) is 0 Å². The van der Waals surface area contributed by atoms with Crippen LogP contribution in [0.1, 0.15) is 11.1 Å². The van der Waals surface area contributed by atoms with E-state index in [-0.39, 0.29) is 40.8 Å². The van der Waals surface area contributed by atoms with Gasteiger partial charge >= 0.3 is 0 Å². The van der Waals surface area contributed by atoms with Crippen molar-refractivity contribution in [3.8, 4) is 11.5 Å². The molecule has 42 heavy (non-hydrogen) atoms. The van der Waals surface area contributed by atoms with Crippen LogP contribution in [0.25, 0.3) is 21.8 Å². The molecule has 202 valence electrons. The van der Waals surface area contributed by atoms with Crippen LogP contribution in [0.5, 0.6) is 11.5 Å². The SMILES string of the molecule is O=S(=O)(c1ccc(N=Cc2c(O)ccc3cccnc23)cc1)c1ccc(N=Cc2c(O)ccc3cccnc23)cc1.[Zn]. The molecule has 8 nitrogen and oxygen atoms in total. The van der Waals surface area contributed by atoms with Gasteiger partial charge in [-0.1, -0.05) is 12.1 Å². The monoisotopic (exact) mass is 622 g/mol. The molecular formula is C32H22N4O4SZn. The number of phenolic OH excluding ortho intramolecular Hbond substituents is 2. The van der Waals surface area contributed by atoms with E-state index >= 15 is 0 Å². The predicted octanol–water partition coefficient (Wildman–Crippen LogP) is 6.53. The van der Waals surface area contributed by atoms with Crippen molar-refractivity contribution in [2.75, 3.05) is 0 Å². The number of aromatic hydroxyl groups is 2. The van der Waals surface area contributed by atoms with Crippen molar-refractivity contribution in [1.82, 2.24) is 9.97 Å². The Morgan fingerprint density at radius 3 is 1.38 bits per heavy atom. The van der Waals surface area contributed by atoms with E-state index in [1.54, 1.807) is 60.9 Å². The number of sulfone groups is 1. The number of pyridine rings is 2. The number of hydrogen-bond acceptors (Lipinski definition) is 8. The second-order valence-electron chi connectivity index (χ2n) is 9.15. The van der Waals surface area contributed by atoms with Crippen molar-refractivity contribution < 1.29 is 38.1 Å². The average molecular weight is 624 g/mol. The fraction of sp³-hybridized carbons (Fsp3) is 0. The summed E-state index contributed by atoms with van der Waals surface area (Å²) in [5.41, 5.74) is 3.24. The molecule has 6 rings (SSSR count). The summed E-state index contributed by atoms with van der Waals surface area (Å²) in [6.07, 6.45) is 6.32. The number of nitrogens with zero attached hydrogens (tertiary/aromatic N) is 4. The number of phenols is 2. The number of benzene rings is 4. The molecule has 4 aromatic carbocycles. The van der Waals surface area contributed by atoms with Gasteiger partial charge in [-0.15, -0.1) is 0 Å². The van der Waals surface area contributed by atoms with Gasteiger partial charge in [0.05, 0.1) is 43.3 Å². The van der Waals surface area contributed by atoms with E-state index in [4.69, 9.17) is 0 Å². The van der Waals surface area contributed by atoms with Crippen LogP contribution in [-0.2, 0) is 29.3 Å². The summed E-state index contributed by atoms with van der Waals surface area (Å²) in [6, 6.07) is 26.5. The Bertz CT molecular complexity index is 1930. The maximum absolute atomic E-state index is 13.2. The van der Waals surface area contributed by atoms with Gasteiger partial charge in [-0.25, -0.2) is 8.42 Å². The van der Waals surface area contributed by atoms with E-state index < -0.39 is 9.84 Å². The van der Waals surface area contributed by atoms with Crippen LogP contribution in [0, 0.1) is 0 Å². The first-order valence-corrected chi connectivity index (χ1v) is 14.1. The minimum atomic E-state index is -3.78. The summed E-state index contributed by atoms with van der Waals surface area (Å²) in [4.78, 5) is 17.7. The second-order valence-corrected chi connectivity index (χ2v) is 11.1. The molecule has 0 amide bonds. The first-order valence-electron chi connectivity index (χ1n) is 12.6. The van der Waals surface area contributed by atoms with Gasteiger partial charge < -0.3 is 10.2 Å². The smallest absolute Gasteiger partial charge is 0.206 e. The van der Waals surface area contributed by atoms with E-state index in [0.29, 0.717) is 33.5 Å². The topological polar surface area (TPSA) is 125 Å². The Morgan fingerprint density at radius 2 is 0.976 bits per heavy atom. The minimum Gasteiger partial charge on any atom is -0.507 e. The molecule has 0 atom stereocenters. The molecule has 0 bridgehead atoms. The summed E-state index contributed by atoms with van der Waals surface area (Å²) < 4.78 is 26.5. The Labute approximate surface area is 254 Å². The number of hydrogen-bond donors (Lipinski definition) is 2. The first-order chi connectivity index (χ1) is 19.9. The molecule has 0 fully saturated rings. The van der Waals surface area contributed by atoms with Gasteiger partial charge in [-0.2, -0.15) is 0 Å². The standard InChI is InChI=1S/C32H22N4O4S.Zn/c37-29-15-5-21-3-1-17-33-31(21)27(29)19-35-23-7-11-25(12-8-23)41(39,40)26-13-9-24(10-14-26)36-20-28-30(38)16-6-22-4-2-18-34-32(22)28;/h1-20,37-38H;. The Morgan fingerprint density at radius 1 is 0.571 bits per heavy atom. The molecule has 0 spiro atoms. The van der Waals surface area contributed by atoms with Crippen molar-refractivity contribution >= 4 is 55.4 Å². The van der Waals surface area contributed by atoms with Crippen molar-refractivity contribution in [2.45, 2.75) is 9.79 Å². The number of aliphatic imine (C=N–C) groups is 2. The zero-order valence-corrected chi connectivity index (χ0v) is 25.9. The molecule has 2 heterocycles. The molecule has 0 saturated heterocycles. The predicted molar refractivity (Wildman–Crippen MR) is 160 cm³/mol. The Hall–Kier alpha value is -4.79. The quantitative estimate of drug-likeness (QED) is 0.161. The molecule has 0 aliphatic carbocycles. The van der Waals surface area contributed by atoms with Crippen molar-refractivity contribution in [2.24, 2.45) is 9.98 Å². The average Bonchev–Trinajstić information content (AvgIpc) is 3.00. The first kappa shape index (κ1) is 28.7. The van der Waals surface area contributed by atoms with Crippen LogP contribution in [0.4, 0.5) is 11.4 Å². The number of aromatic nitrogens is 2. The largest absolute Gasteiger partial charge is 0.507 e. The molecule has 0 unspecified atom stereocenters. The minimum absolute atomic E-state index is 0. The second kappa shape index (κ2) is 12.0. The number of rotatable bonds is 6. The van der Waals surface area contributed by atoms with Gasteiger partial charge in [0.2, 0.25) is 9.84 Å². The summed E-state index contributed by atoms with van der Waals surface area (Å²) in [6.45, 7) is 0. The molecule has 2 aromatic heterocycles. The zero-order chi connectivity index (χ0) is 28.4. The van der Waals surface area contributed by atoms with Gasteiger partial charge in [0, 0.05) is 55.1 Å². The van der Waals surface area contributed by atoms with Gasteiger partial charge in [-0.05, 0) is 84.9 Å². The molecule has 10 heteroatoms. The van der Waals surface area contributed by atoms with Crippen molar-refractivity contribution in [3.63, 3.8) is 0 Å². The molecule has 0 radical (unpaired) electrons. The molecule has 6 aromatic rings. The van der Waals surface area contributed by atoms with E-state index in [9.17, 15) is 18.6 Å². The van der Waals surface area contributed by atoms with E-state index in [1.165, 1.54) is 36.7 Å². The van der Waals surface area contributed by atoms with Gasteiger partial charge in [0.1, 0.15) is 11.5 Å². The molecular weight excluding hydrogens is 602 g/mol. The van der Waals surface area contributed by atoms with E-state index in [0.717, 1.165) is 10.8 Å². The van der Waals surface area contributed by atoms with E-state index in [1.807, 2.05) is 24.3 Å². The fourth-order valence-electron chi connectivity index (χ4n) is 4.41. The Kier molecular flexibility index (Phi) is 8.20. The van der Waals surface area contributed by atoms with Crippen molar-refractivity contribution in [3.05, 3.63) is 121 Å². The van der Waals surface area contributed by atoms with Crippen LogP contribution >= 0.6 is 0 Å². The van der Waals surface area contributed by atoms with Crippen LogP contribution in [0.15, 0.2) is 129 Å². The maximum Gasteiger partial charge on any atom is 0.206 e. The van der Waals surface area contributed by atoms with Crippen LogP contribution in [0.3, 0.4) is 0 Å². The van der Waals surface area contributed by atoms with Crippen LogP contribution < -0.4 is 0 Å². The van der Waals surface area contributed by atoms with Crippen LogP contribution in [-0.4, -0.2) is 41.0 Å². The third-order valence-corrected chi connectivity index (χ3v) is 8.35. The molecule has 0 aliphatic rings. The zero-order valence-electron chi connectivity index (χ0n) is 22.2. The summed E-state index contributed by atoms with van der Waals surface area (Å²) in [5, 5.41) is 22.3. The number of fused-ring (bicyclic) bond motifs is 2. The Balaban J connectivity index is 0.00000353. The van der Waals surface area contributed by atoms with Gasteiger partial charge in [-0.3, -0.25) is 20.0 Å². The fourth-order valence-corrected chi connectivity index (χ4v) is 5.67. The third-order valence-electron chi connectivity index (χ3n) is 6.56. The maximum atomic E-state index is 13.2. The molecule has 0 aliphatic heterocycles. The summed E-state index contributed by atoms with van der Waals surface area (Å²) in [7, 11) is -3.78. The molecule has 0 saturated carbocycles. The van der Waals surface area contributed by atoms with Crippen LogP contribution in [0.2, 0.25) is 0 Å². The van der Waals surface area contributed by atoms with Gasteiger partial charge in [0.15, 0.2) is 0 Å². The third kappa shape index (κ3) is 5.68. The summed E-state index contributed by atoms with van der Waals surface area (Å²) in [5.74, 6) is 0.107. The summed E-state index contributed by atoms with van der Waals surface area (Å²) >= 11 is 0. The normalized spacial score (nSPS) is 11.8.